The van der Waals surface area contributed by atoms with Crippen molar-refractivity contribution in [3.8, 4) is 67.3 Å². The average molecular weight is 623 g/mol. The van der Waals surface area contributed by atoms with Gasteiger partial charge in [0.15, 0.2) is 5.82 Å². The molecule has 1 spiro atoms. The number of nitrogens with zero attached hydrogens (tertiary/aromatic N) is 2. The summed E-state index contributed by atoms with van der Waals surface area (Å²) in [6, 6.07) is 65.4. The third-order valence-corrected chi connectivity index (χ3v) is 10.3. The van der Waals surface area contributed by atoms with Crippen molar-refractivity contribution in [1.29, 1.82) is 0 Å². The van der Waals surface area contributed by atoms with E-state index < -0.39 is 0 Å². The molecule has 2 aliphatic rings. The lowest BCUT2D eigenvalue weighted by Gasteiger charge is -2.30. The van der Waals surface area contributed by atoms with E-state index >= 15 is 0 Å². The topological polar surface area (TPSA) is 25.8 Å². The number of benzene rings is 7. The van der Waals surface area contributed by atoms with Crippen LogP contribution in [0.1, 0.15) is 22.3 Å². The first-order valence-corrected chi connectivity index (χ1v) is 16.8. The predicted octanol–water partition coefficient (Wildman–Crippen LogP) is 11.5. The molecular weight excluding hydrogens is 593 g/mol. The molecule has 10 rings (SSSR count). The summed E-state index contributed by atoms with van der Waals surface area (Å²) in [5.74, 6) is 0.717. The van der Waals surface area contributed by atoms with E-state index in [-0.39, 0.29) is 5.41 Å². The van der Waals surface area contributed by atoms with Gasteiger partial charge in [0.1, 0.15) is 0 Å². The summed E-state index contributed by atoms with van der Waals surface area (Å²) in [6.45, 7) is 0. The van der Waals surface area contributed by atoms with Crippen molar-refractivity contribution in [2.45, 2.75) is 5.41 Å². The molecule has 2 heteroatoms. The molecule has 228 valence electrons. The minimum Gasteiger partial charge on any atom is -0.228 e. The van der Waals surface area contributed by atoms with Crippen LogP contribution >= 0.6 is 0 Å². The van der Waals surface area contributed by atoms with Gasteiger partial charge in [0.05, 0.1) is 16.8 Å². The van der Waals surface area contributed by atoms with E-state index in [2.05, 4.69) is 164 Å². The monoisotopic (exact) mass is 622 g/mol. The van der Waals surface area contributed by atoms with Gasteiger partial charge in [0.25, 0.3) is 0 Å². The third-order valence-electron chi connectivity index (χ3n) is 10.3. The van der Waals surface area contributed by atoms with E-state index in [0.29, 0.717) is 5.82 Å². The second-order valence-electron chi connectivity index (χ2n) is 12.9. The normalized spacial score (nSPS) is 13.1. The lowest BCUT2D eigenvalue weighted by molar-refractivity contribution is 0.794. The van der Waals surface area contributed by atoms with Gasteiger partial charge in [-0.3, -0.25) is 0 Å². The van der Waals surface area contributed by atoms with Crippen LogP contribution in [0.4, 0.5) is 0 Å². The highest BCUT2D eigenvalue weighted by Crippen LogP contribution is 2.62. The molecule has 2 nitrogen and oxygen atoms in total. The molecular formula is C47H30N2. The van der Waals surface area contributed by atoms with Gasteiger partial charge in [0.2, 0.25) is 0 Å². The summed E-state index contributed by atoms with van der Waals surface area (Å²) in [5, 5.41) is 0. The number of fused-ring (bicyclic) bond motifs is 10. The van der Waals surface area contributed by atoms with Crippen molar-refractivity contribution in [2.24, 2.45) is 0 Å². The van der Waals surface area contributed by atoms with E-state index in [1.807, 2.05) is 18.2 Å². The molecule has 0 unspecified atom stereocenters. The molecule has 0 fully saturated rings. The van der Waals surface area contributed by atoms with Gasteiger partial charge in [-0.1, -0.05) is 164 Å². The van der Waals surface area contributed by atoms with Crippen molar-refractivity contribution in [2.75, 3.05) is 0 Å². The van der Waals surface area contributed by atoms with E-state index in [9.17, 15) is 0 Å². The second kappa shape index (κ2) is 10.8. The molecule has 8 aromatic rings. The zero-order valence-corrected chi connectivity index (χ0v) is 26.7. The molecule has 2 aliphatic carbocycles. The first-order chi connectivity index (χ1) is 24.3. The third kappa shape index (κ3) is 4.14. The Bertz CT molecular complexity index is 2500. The van der Waals surface area contributed by atoms with Crippen LogP contribution in [-0.4, -0.2) is 9.97 Å². The Morgan fingerprint density at radius 1 is 0.286 bits per heavy atom. The van der Waals surface area contributed by atoms with E-state index in [0.717, 1.165) is 33.6 Å². The molecule has 0 saturated carbocycles. The minimum absolute atomic E-state index is 0.360. The average Bonchev–Trinajstić information content (AvgIpc) is 3.65. The number of rotatable bonds is 4. The Kier molecular flexibility index (Phi) is 6.13. The Labute approximate surface area is 286 Å². The molecule has 7 aromatic carbocycles. The van der Waals surface area contributed by atoms with Gasteiger partial charge >= 0.3 is 0 Å². The highest BCUT2D eigenvalue weighted by Gasteiger charge is 2.51. The maximum absolute atomic E-state index is 5.21. The molecule has 1 aromatic heterocycles. The molecule has 0 amide bonds. The maximum Gasteiger partial charge on any atom is 0.160 e. The van der Waals surface area contributed by atoms with Crippen LogP contribution in [-0.2, 0) is 5.41 Å². The van der Waals surface area contributed by atoms with Crippen molar-refractivity contribution in [3.63, 3.8) is 0 Å². The maximum atomic E-state index is 5.21. The first-order valence-electron chi connectivity index (χ1n) is 16.8. The van der Waals surface area contributed by atoms with Crippen LogP contribution in [0.15, 0.2) is 182 Å². The SMILES string of the molecule is c1ccc(-c2cccc(-c3cc(-c4ccc5c(c4)-c4ccccc4C54c5ccccc5-c5ccccc54)nc(-c4ccccc4)n3)c2)cc1. The molecule has 0 N–H and O–H groups in total. The van der Waals surface area contributed by atoms with Crippen LogP contribution in [0.25, 0.3) is 67.3 Å². The fourth-order valence-electron chi connectivity index (χ4n) is 8.21. The fraction of sp³-hybridized carbons (Fsp3) is 0.0213. The standard InChI is InChI=1S/C47H30N2/c1-3-14-31(15-4-1)33-18-13-19-34(28-33)44-30-45(49-46(48-44)32-16-5-2-6-17-32)35-26-27-43-39(29-35)38-22-9-12-25-42(38)47(43)40-23-10-7-20-36(40)37-21-8-11-24-41(37)47/h1-30H. The van der Waals surface area contributed by atoms with Gasteiger partial charge in [-0.05, 0) is 73.8 Å². The van der Waals surface area contributed by atoms with E-state index in [1.54, 1.807) is 0 Å². The highest BCUT2D eigenvalue weighted by molar-refractivity contribution is 5.96. The number of aromatic nitrogens is 2. The zero-order valence-electron chi connectivity index (χ0n) is 26.7. The minimum atomic E-state index is -0.360. The number of hydrogen-bond donors (Lipinski definition) is 0. The van der Waals surface area contributed by atoms with Crippen molar-refractivity contribution in [3.05, 3.63) is 204 Å². The van der Waals surface area contributed by atoms with Crippen molar-refractivity contribution < 1.29 is 0 Å². The molecule has 0 atom stereocenters. The molecule has 0 aliphatic heterocycles. The van der Waals surface area contributed by atoms with Crippen LogP contribution < -0.4 is 0 Å². The molecule has 0 bridgehead atoms. The zero-order chi connectivity index (χ0) is 32.4. The van der Waals surface area contributed by atoms with Crippen LogP contribution in [0.5, 0.6) is 0 Å². The quantitative estimate of drug-likeness (QED) is 0.195. The van der Waals surface area contributed by atoms with Gasteiger partial charge < -0.3 is 0 Å². The molecule has 0 radical (unpaired) electrons. The summed E-state index contributed by atoms with van der Waals surface area (Å²) >= 11 is 0. The van der Waals surface area contributed by atoms with Gasteiger partial charge in [0, 0.05) is 16.7 Å². The summed E-state index contributed by atoms with van der Waals surface area (Å²) in [4.78, 5) is 10.4. The lowest BCUT2D eigenvalue weighted by Crippen LogP contribution is -2.25. The van der Waals surface area contributed by atoms with Gasteiger partial charge in [-0.25, -0.2) is 9.97 Å². The lowest BCUT2D eigenvalue weighted by atomic mass is 9.70. The summed E-state index contributed by atoms with van der Waals surface area (Å²) < 4.78 is 0. The Morgan fingerprint density at radius 2 is 0.735 bits per heavy atom. The Morgan fingerprint density at radius 3 is 1.35 bits per heavy atom. The van der Waals surface area contributed by atoms with E-state index in [1.165, 1.54) is 50.1 Å². The molecule has 1 heterocycles. The summed E-state index contributed by atoms with van der Waals surface area (Å²) in [7, 11) is 0. The van der Waals surface area contributed by atoms with Crippen LogP contribution in [0.3, 0.4) is 0 Å². The summed E-state index contributed by atoms with van der Waals surface area (Å²) in [6.07, 6.45) is 0. The highest BCUT2D eigenvalue weighted by atomic mass is 14.9. The summed E-state index contributed by atoms with van der Waals surface area (Å²) in [5.41, 5.74) is 17.5. The van der Waals surface area contributed by atoms with Crippen molar-refractivity contribution in [1.82, 2.24) is 9.97 Å². The van der Waals surface area contributed by atoms with Crippen LogP contribution in [0, 0.1) is 0 Å². The van der Waals surface area contributed by atoms with E-state index in [4.69, 9.17) is 9.97 Å². The first kappa shape index (κ1) is 27.7. The van der Waals surface area contributed by atoms with Gasteiger partial charge in [-0.15, -0.1) is 0 Å². The van der Waals surface area contributed by atoms with Gasteiger partial charge in [-0.2, -0.15) is 0 Å². The fourth-order valence-corrected chi connectivity index (χ4v) is 8.21. The Balaban J connectivity index is 1.18. The number of hydrogen-bond acceptors (Lipinski definition) is 2. The predicted molar refractivity (Wildman–Crippen MR) is 200 cm³/mol. The van der Waals surface area contributed by atoms with Crippen molar-refractivity contribution >= 4 is 0 Å². The Hall–Kier alpha value is -6.38. The largest absolute Gasteiger partial charge is 0.228 e. The molecule has 49 heavy (non-hydrogen) atoms. The van der Waals surface area contributed by atoms with Crippen LogP contribution in [0.2, 0.25) is 0 Å². The smallest absolute Gasteiger partial charge is 0.160 e. The second-order valence-corrected chi connectivity index (χ2v) is 12.9. The molecule has 0 saturated heterocycles.